The topological polar surface area (TPSA) is 71.5 Å². The van der Waals surface area contributed by atoms with Gasteiger partial charge in [0.1, 0.15) is 12.4 Å². The van der Waals surface area contributed by atoms with Crippen molar-refractivity contribution in [3.05, 3.63) is 74.1 Å². The molecule has 0 atom stereocenters. The molecule has 6 nitrogen and oxygen atoms in total. The molecule has 0 saturated heterocycles. The van der Waals surface area contributed by atoms with E-state index in [1.165, 1.54) is 4.90 Å². The highest BCUT2D eigenvalue weighted by atomic mass is 79.9. The Labute approximate surface area is 188 Å². The number of halogens is 1. The molecule has 0 unspecified atom stereocenters. The van der Waals surface area contributed by atoms with Gasteiger partial charge in [-0.3, -0.25) is 9.59 Å². The zero-order valence-corrected chi connectivity index (χ0v) is 19.3. The van der Waals surface area contributed by atoms with E-state index in [0.29, 0.717) is 17.9 Å². The Morgan fingerprint density at radius 2 is 2.00 bits per heavy atom. The molecular formula is C22H22BrN3O3S. The van der Waals surface area contributed by atoms with Crippen LogP contribution in [0.4, 0.5) is 5.69 Å². The predicted molar refractivity (Wildman–Crippen MR) is 122 cm³/mol. The number of carbonyl (C=O) groups excluding carboxylic acids is 2. The Bertz CT molecular complexity index is 1070. The Kier molecular flexibility index (Phi) is 7.23. The van der Waals surface area contributed by atoms with Gasteiger partial charge in [0.15, 0.2) is 0 Å². The van der Waals surface area contributed by atoms with Crippen molar-refractivity contribution in [2.24, 2.45) is 0 Å². The average molecular weight is 488 g/mol. The zero-order chi connectivity index (χ0) is 21.7. The van der Waals surface area contributed by atoms with Gasteiger partial charge in [-0.1, -0.05) is 22.0 Å². The number of nitrogens with zero attached hydrogens (tertiary/aromatic N) is 2. The zero-order valence-electron chi connectivity index (χ0n) is 16.9. The molecule has 2 amide bonds. The van der Waals surface area contributed by atoms with Gasteiger partial charge in [0.05, 0.1) is 17.2 Å². The Morgan fingerprint density at radius 3 is 2.70 bits per heavy atom. The first-order chi connectivity index (χ1) is 14.3. The van der Waals surface area contributed by atoms with Crippen LogP contribution in [0.2, 0.25) is 0 Å². The molecule has 0 radical (unpaired) electrons. The largest absolute Gasteiger partial charge is 0.487 e. The first kappa shape index (κ1) is 22.0. The average Bonchev–Trinajstić information content (AvgIpc) is 3.13. The van der Waals surface area contributed by atoms with E-state index in [2.05, 4.69) is 26.2 Å². The maximum atomic E-state index is 12.7. The molecule has 0 fully saturated rings. The SMILES string of the molecule is Cc1nc(COc2cccc(C(=O)N(C)CC(=O)Nc3ccc(Br)cc3C)c2)cs1. The van der Waals surface area contributed by atoms with Crippen molar-refractivity contribution in [3.63, 3.8) is 0 Å². The van der Waals surface area contributed by atoms with Gasteiger partial charge in [-0.25, -0.2) is 4.98 Å². The van der Waals surface area contributed by atoms with E-state index >= 15 is 0 Å². The lowest BCUT2D eigenvalue weighted by atomic mass is 10.2. The molecule has 0 aliphatic rings. The van der Waals surface area contributed by atoms with Crippen molar-refractivity contribution in [1.82, 2.24) is 9.88 Å². The summed E-state index contributed by atoms with van der Waals surface area (Å²) < 4.78 is 6.69. The van der Waals surface area contributed by atoms with Gasteiger partial charge in [-0.15, -0.1) is 11.3 Å². The number of ether oxygens (including phenoxy) is 1. The van der Waals surface area contributed by atoms with E-state index in [9.17, 15) is 9.59 Å². The molecular weight excluding hydrogens is 466 g/mol. The van der Waals surface area contributed by atoms with Crippen LogP contribution in [0.3, 0.4) is 0 Å². The maximum absolute atomic E-state index is 12.7. The minimum Gasteiger partial charge on any atom is -0.487 e. The van der Waals surface area contributed by atoms with Crippen LogP contribution in [0, 0.1) is 13.8 Å². The highest BCUT2D eigenvalue weighted by Crippen LogP contribution is 2.20. The van der Waals surface area contributed by atoms with Crippen molar-refractivity contribution in [2.45, 2.75) is 20.5 Å². The van der Waals surface area contributed by atoms with Gasteiger partial charge >= 0.3 is 0 Å². The minimum absolute atomic E-state index is 0.0580. The number of rotatable bonds is 7. The molecule has 0 bridgehead atoms. The summed E-state index contributed by atoms with van der Waals surface area (Å²) in [5.74, 6) is 0.0602. The second-order valence-corrected chi connectivity index (χ2v) is 8.82. The van der Waals surface area contributed by atoms with Gasteiger partial charge < -0.3 is 15.0 Å². The third kappa shape index (κ3) is 5.90. The monoisotopic (exact) mass is 487 g/mol. The minimum atomic E-state index is -0.262. The Hall–Kier alpha value is -2.71. The Balaban J connectivity index is 1.59. The maximum Gasteiger partial charge on any atom is 0.254 e. The Morgan fingerprint density at radius 1 is 1.20 bits per heavy atom. The standard InChI is InChI=1S/C22H22BrN3O3S/c1-14-9-17(23)7-8-20(14)25-21(27)11-26(3)22(28)16-5-4-6-19(10-16)29-12-18-13-30-15(2)24-18/h4-10,13H,11-12H2,1-3H3,(H,25,27). The molecule has 1 N–H and O–H groups in total. The number of amides is 2. The summed E-state index contributed by atoms with van der Waals surface area (Å²) in [6.45, 7) is 4.13. The summed E-state index contributed by atoms with van der Waals surface area (Å²) >= 11 is 4.97. The smallest absolute Gasteiger partial charge is 0.254 e. The molecule has 1 heterocycles. The molecule has 2 aromatic carbocycles. The first-order valence-corrected chi connectivity index (χ1v) is 10.9. The number of anilines is 1. The second-order valence-electron chi connectivity index (χ2n) is 6.84. The van der Waals surface area contributed by atoms with E-state index in [1.807, 2.05) is 37.4 Å². The van der Waals surface area contributed by atoms with Gasteiger partial charge in [0, 0.05) is 28.2 Å². The second kappa shape index (κ2) is 9.86. The van der Waals surface area contributed by atoms with Gasteiger partial charge in [-0.05, 0) is 55.8 Å². The van der Waals surface area contributed by atoms with Crippen molar-refractivity contribution in [1.29, 1.82) is 0 Å². The van der Waals surface area contributed by atoms with Crippen molar-refractivity contribution in [2.75, 3.05) is 18.9 Å². The van der Waals surface area contributed by atoms with E-state index in [-0.39, 0.29) is 18.4 Å². The number of aromatic nitrogens is 1. The number of aryl methyl sites for hydroxylation is 2. The van der Waals surface area contributed by atoms with Crippen LogP contribution in [-0.4, -0.2) is 35.3 Å². The number of benzene rings is 2. The number of thiazole rings is 1. The van der Waals surface area contributed by atoms with Crippen LogP contribution >= 0.6 is 27.3 Å². The molecule has 3 aromatic rings. The lowest BCUT2D eigenvalue weighted by Gasteiger charge is -2.18. The number of hydrogen-bond acceptors (Lipinski definition) is 5. The molecule has 0 saturated carbocycles. The van der Waals surface area contributed by atoms with Crippen LogP contribution in [-0.2, 0) is 11.4 Å². The van der Waals surface area contributed by atoms with E-state index in [4.69, 9.17) is 4.74 Å². The molecule has 30 heavy (non-hydrogen) atoms. The van der Waals surface area contributed by atoms with Gasteiger partial charge in [-0.2, -0.15) is 0 Å². The number of likely N-dealkylation sites (N-methyl/N-ethyl adjacent to an activating group) is 1. The summed E-state index contributed by atoms with van der Waals surface area (Å²) in [6.07, 6.45) is 0. The third-order valence-electron chi connectivity index (χ3n) is 4.32. The fourth-order valence-electron chi connectivity index (χ4n) is 2.82. The van der Waals surface area contributed by atoms with Crippen LogP contribution in [0.5, 0.6) is 5.75 Å². The van der Waals surface area contributed by atoms with Crippen molar-refractivity contribution < 1.29 is 14.3 Å². The normalized spacial score (nSPS) is 10.5. The number of carbonyl (C=O) groups is 2. The fourth-order valence-corrected chi connectivity index (χ4v) is 3.89. The number of nitrogens with one attached hydrogen (secondary N) is 1. The summed E-state index contributed by atoms with van der Waals surface area (Å²) in [7, 11) is 1.60. The van der Waals surface area contributed by atoms with Crippen molar-refractivity contribution >= 4 is 44.8 Å². The van der Waals surface area contributed by atoms with Crippen LogP contribution in [0.1, 0.15) is 26.6 Å². The highest BCUT2D eigenvalue weighted by Gasteiger charge is 2.16. The fraction of sp³-hybridized carbons (Fsp3) is 0.227. The summed E-state index contributed by atoms with van der Waals surface area (Å²) in [5.41, 5.74) is 2.96. The summed E-state index contributed by atoms with van der Waals surface area (Å²) in [6, 6.07) is 12.5. The number of hydrogen-bond donors (Lipinski definition) is 1. The van der Waals surface area contributed by atoms with E-state index < -0.39 is 0 Å². The third-order valence-corrected chi connectivity index (χ3v) is 5.64. The molecule has 156 valence electrons. The summed E-state index contributed by atoms with van der Waals surface area (Å²) in [4.78, 5) is 30.9. The molecule has 0 spiro atoms. The molecule has 1 aromatic heterocycles. The quantitative estimate of drug-likeness (QED) is 0.518. The van der Waals surface area contributed by atoms with E-state index in [1.54, 1.807) is 42.6 Å². The van der Waals surface area contributed by atoms with Gasteiger partial charge in [0.25, 0.3) is 5.91 Å². The van der Waals surface area contributed by atoms with Gasteiger partial charge in [0.2, 0.25) is 5.91 Å². The first-order valence-electron chi connectivity index (χ1n) is 9.27. The predicted octanol–water partition coefficient (Wildman–Crippen LogP) is 4.81. The molecule has 3 rings (SSSR count). The molecule has 0 aliphatic carbocycles. The lowest BCUT2D eigenvalue weighted by molar-refractivity contribution is -0.116. The summed E-state index contributed by atoms with van der Waals surface area (Å²) in [5, 5.41) is 5.77. The van der Waals surface area contributed by atoms with Crippen LogP contribution < -0.4 is 10.1 Å². The highest BCUT2D eigenvalue weighted by molar-refractivity contribution is 9.10. The lowest BCUT2D eigenvalue weighted by Crippen LogP contribution is -2.35. The molecule has 8 heteroatoms. The van der Waals surface area contributed by atoms with Crippen LogP contribution in [0.15, 0.2) is 52.3 Å². The van der Waals surface area contributed by atoms with E-state index in [0.717, 1.165) is 26.4 Å². The molecule has 0 aliphatic heterocycles. The van der Waals surface area contributed by atoms with Crippen LogP contribution in [0.25, 0.3) is 0 Å². The van der Waals surface area contributed by atoms with Crippen molar-refractivity contribution in [3.8, 4) is 5.75 Å².